The summed E-state index contributed by atoms with van der Waals surface area (Å²) in [7, 11) is 0. The van der Waals surface area contributed by atoms with Gasteiger partial charge in [-0.2, -0.15) is 0 Å². The number of rotatable bonds is 3. The van der Waals surface area contributed by atoms with Gasteiger partial charge < -0.3 is 14.7 Å². The highest BCUT2D eigenvalue weighted by Crippen LogP contribution is 2.33. The summed E-state index contributed by atoms with van der Waals surface area (Å²) >= 11 is 0. The van der Waals surface area contributed by atoms with Gasteiger partial charge in [0.05, 0.1) is 12.1 Å². The zero-order valence-electron chi connectivity index (χ0n) is 10.6. The molecular weight excluding hydrogens is 226 g/mol. The second-order valence-electron chi connectivity index (χ2n) is 4.93. The van der Waals surface area contributed by atoms with Crippen LogP contribution in [0.5, 0.6) is 0 Å². The minimum absolute atomic E-state index is 0.244. The van der Waals surface area contributed by atoms with Gasteiger partial charge in [-0.3, -0.25) is 0 Å². The fourth-order valence-corrected chi connectivity index (χ4v) is 2.96. The highest BCUT2D eigenvalue weighted by molar-refractivity contribution is 5.28. The Morgan fingerprint density at radius 2 is 2.50 bits per heavy atom. The quantitative estimate of drug-likeness (QED) is 0.873. The molecule has 4 nitrogen and oxygen atoms in total. The maximum atomic E-state index is 10.0. The average molecular weight is 245 g/mol. The Balaban J connectivity index is 2.01. The molecule has 0 radical (unpaired) electrons. The fraction of sp³-hybridized carbons (Fsp3) is 0.500. The summed E-state index contributed by atoms with van der Waals surface area (Å²) in [5.41, 5.74) is 2.38. The van der Waals surface area contributed by atoms with Crippen molar-refractivity contribution in [3.63, 3.8) is 0 Å². The lowest BCUT2D eigenvalue weighted by Gasteiger charge is -2.23. The molecule has 0 spiro atoms. The molecule has 3 rings (SSSR count). The largest absolute Gasteiger partial charge is 0.388 e. The van der Waals surface area contributed by atoms with Crippen molar-refractivity contribution in [1.82, 2.24) is 14.5 Å². The van der Waals surface area contributed by atoms with E-state index in [4.69, 9.17) is 0 Å². The van der Waals surface area contributed by atoms with Gasteiger partial charge in [0.25, 0.3) is 0 Å². The molecule has 2 aromatic heterocycles. The summed E-state index contributed by atoms with van der Waals surface area (Å²) in [4.78, 5) is 7.57. The van der Waals surface area contributed by atoms with Crippen LogP contribution >= 0.6 is 0 Å². The van der Waals surface area contributed by atoms with E-state index in [0.717, 1.165) is 37.1 Å². The zero-order chi connectivity index (χ0) is 12.5. The van der Waals surface area contributed by atoms with Gasteiger partial charge in [0, 0.05) is 29.8 Å². The Morgan fingerprint density at radius 3 is 3.22 bits per heavy atom. The van der Waals surface area contributed by atoms with Crippen LogP contribution in [0.4, 0.5) is 0 Å². The summed E-state index contributed by atoms with van der Waals surface area (Å²) in [5, 5.41) is 10.0. The van der Waals surface area contributed by atoms with Gasteiger partial charge in [-0.25, -0.2) is 4.98 Å². The molecule has 0 saturated heterocycles. The smallest absolute Gasteiger partial charge is 0.129 e. The third-order valence-electron chi connectivity index (χ3n) is 3.87. The molecule has 0 aromatic carbocycles. The van der Waals surface area contributed by atoms with Gasteiger partial charge in [0.2, 0.25) is 0 Å². The van der Waals surface area contributed by atoms with Crippen LogP contribution in [-0.4, -0.2) is 19.6 Å². The molecule has 4 heteroatoms. The first-order valence-electron chi connectivity index (χ1n) is 6.68. The number of hydrogen-bond acceptors (Lipinski definition) is 2. The first-order chi connectivity index (χ1) is 8.81. The van der Waals surface area contributed by atoms with Gasteiger partial charge in [-0.1, -0.05) is 6.92 Å². The monoisotopic (exact) mass is 245 g/mol. The van der Waals surface area contributed by atoms with Gasteiger partial charge in [0.1, 0.15) is 5.82 Å². The number of imidazole rings is 1. The lowest BCUT2D eigenvalue weighted by Crippen LogP contribution is -2.17. The van der Waals surface area contributed by atoms with Crippen molar-refractivity contribution in [3.05, 3.63) is 41.7 Å². The van der Waals surface area contributed by atoms with Crippen molar-refractivity contribution >= 4 is 0 Å². The number of nitrogens with zero attached hydrogens (tertiary/aromatic N) is 2. The molecule has 2 unspecified atom stereocenters. The zero-order valence-corrected chi connectivity index (χ0v) is 10.6. The number of aromatic nitrogens is 3. The van der Waals surface area contributed by atoms with Crippen LogP contribution < -0.4 is 0 Å². The van der Waals surface area contributed by atoms with Crippen molar-refractivity contribution in [1.29, 1.82) is 0 Å². The molecule has 0 fully saturated rings. The Morgan fingerprint density at radius 1 is 1.61 bits per heavy atom. The van der Waals surface area contributed by atoms with Crippen molar-refractivity contribution in [3.8, 4) is 0 Å². The minimum Gasteiger partial charge on any atom is -0.388 e. The summed E-state index contributed by atoms with van der Waals surface area (Å²) < 4.78 is 2.27. The number of fused-ring (bicyclic) bond motifs is 1. The SMILES string of the molecule is CCC(c1ncc[nH]1)n1ccc2c1CCCC2O. The maximum absolute atomic E-state index is 10.0. The van der Waals surface area contributed by atoms with Crippen LogP contribution in [0.2, 0.25) is 0 Å². The fourth-order valence-electron chi connectivity index (χ4n) is 2.96. The van der Waals surface area contributed by atoms with Crippen LogP contribution in [0, 0.1) is 0 Å². The predicted molar refractivity (Wildman–Crippen MR) is 69.3 cm³/mol. The molecule has 2 N–H and O–H groups in total. The molecule has 2 heterocycles. The molecule has 96 valence electrons. The number of hydrogen-bond donors (Lipinski definition) is 2. The lowest BCUT2D eigenvalue weighted by atomic mass is 9.95. The van der Waals surface area contributed by atoms with E-state index in [9.17, 15) is 5.11 Å². The predicted octanol–water partition coefficient (Wildman–Crippen LogP) is 2.58. The number of aromatic amines is 1. The van der Waals surface area contributed by atoms with Gasteiger partial charge in [0.15, 0.2) is 0 Å². The number of nitrogens with one attached hydrogen (secondary N) is 1. The van der Waals surface area contributed by atoms with Crippen LogP contribution in [0.25, 0.3) is 0 Å². The standard InChI is InChI=1S/C14H19N3O/c1-2-11(14-15-7-8-16-14)17-9-6-10-12(17)4-3-5-13(10)18/h6-9,11,13,18H,2-5H2,1H3,(H,15,16). The van der Waals surface area contributed by atoms with E-state index in [1.165, 1.54) is 5.69 Å². The highest BCUT2D eigenvalue weighted by atomic mass is 16.3. The lowest BCUT2D eigenvalue weighted by molar-refractivity contribution is 0.155. The van der Waals surface area contributed by atoms with Crippen molar-refractivity contribution in [2.24, 2.45) is 0 Å². The minimum atomic E-state index is -0.288. The Bertz CT molecular complexity index is 515. The number of aliphatic hydroxyl groups excluding tert-OH is 1. The molecule has 0 saturated carbocycles. The molecule has 0 bridgehead atoms. The van der Waals surface area contributed by atoms with Crippen molar-refractivity contribution in [2.75, 3.05) is 0 Å². The Labute approximate surface area is 107 Å². The van der Waals surface area contributed by atoms with Crippen molar-refractivity contribution in [2.45, 2.75) is 44.8 Å². The second kappa shape index (κ2) is 4.61. The van der Waals surface area contributed by atoms with Crippen LogP contribution in [0.1, 0.15) is 55.4 Å². The first-order valence-corrected chi connectivity index (χ1v) is 6.68. The van der Waals surface area contributed by atoms with E-state index in [1.54, 1.807) is 6.20 Å². The molecule has 18 heavy (non-hydrogen) atoms. The molecule has 1 aliphatic carbocycles. The van der Waals surface area contributed by atoms with E-state index in [-0.39, 0.29) is 12.1 Å². The third kappa shape index (κ3) is 1.77. The number of H-pyrrole nitrogens is 1. The maximum Gasteiger partial charge on any atom is 0.129 e. The van der Waals surface area contributed by atoms with Crippen LogP contribution in [-0.2, 0) is 6.42 Å². The Hall–Kier alpha value is -1.55. The van der Waals surface area contributed by atoms with E-state index < -0.39 is 0 Å². The molecular formula is C14H19N3O. The summed E-state index contributed by atoms with van der Waals surface area (Å²) in [6.45, 7) is 2.17. The van der Waals surface area contributed by atoms with Gasteiger partial charge in [-0.15, -0.1) is 0 Å². The molecule has 2 atom stereocenters. The van der Waals surface area contributed by atoms with Gasteiger partial charge in [-0.05, 0) is 31.7 Å². The normalized spacial score (nSPS) is 20.7. The van der Waals surface area contributed by atoms with Crippen LogP contribution in [0.15, 0.2) is 24.7 Å². The molecule has 1 aliphatic rings. The van der Waals surface area contributed by atoms with Crippen molar-refractivity contribution < 1.29 is 5.11 Å². The molecule has 0 amide bonds. The summed E-state index contributed by atoms with van der Waals surface area (Å²) in [6, 6.07) is 2.30. The second-order valence-corrected chi connectivity index (χ2v) is 4.93. The Kier molecular flexibility index (Phi) is 2.96. The highest BCUT2D eigenvalue weighted by Gasteiger charge is 2.24. The van der Waals surface area contributed by atoms with Crippen LogP contribution in [0.3, 0.4) is 0 Å². The van der Waals surface area contributed by atoms with E-state index in [1.807, 2.05) is 6.20 Å². The molecule has 0 aliphatic heterocycles. The first kappa shape index (κ1) is 11.5. The van der Waals surface area contributed by atoms with E-state index >= 15 is 0 Å². The average Bonchev–Trinajstić information content (AvgIpc) is 3.01. The summed E-state index contributed by atoms with van der Waals surface area (Å²) in [5.74, 6) is 0.996. The van der Waals surface area contributed by atoms with E-state index in [0.29, 0.717) is 0 Å². The number of aliphatic hydroxyl groups is 1. The topological polar surface area (TPSA) is 53.8 Å². The van der Waals surface area contributed by atoms with Gasteiger partial charge >= 0.3 is 0 Å². The summed E-state index contributed by atoms with van der Waals surface area (Å²) in [6.07, 6.45) is 9.45. The third-order valence-corrected chi connectivity index (χ3v) is 3.87. The molecule has 2 aromatic rings. The van der Waals surface area contributed by atoms with E-state index in [2.05, 4.69) is 33.7 Å².